The molecule has 108 valence electrons. The van der Waals surface area contributed by atoms with Crippen molar-refractivity contribution in [3.63, 3.8) is 0 Å². The summed E-state index contributed by atoms with van der Waals surface area (Å²) in [5.41, 5.74) is 7.26. The molecular formula is C15H21ClN4. The molecule has 0 aliphatic carbocycles. The molecule has 0 radical (unpaired) electrons. The lowest BCUT2D eigenvalue weighted by molar-refractivity contribution is 0.476. The molecule has 0 fully saturated rings. The molecular weight excluding hydrogens is 272 g/mol. The van der Waals surface area contributed by atoms with Gasteiger partial charge in [0.2, 0.25) is 0 Å². The largest absolute Gasteiger partial charge is 0.271 e. The Balaban J connectivity index is 2.55. The van der Waals surface area contributed by atoms with Crippen LogP contribution in [0.3, 0.4) is 0 Å². The molecule has 0 aliphatic heterocycles. The summed E-state index contributed by atoms with van der Waals surface area (Å²) in [5, 5.41) is 4.97. The van der Waals surface area contributed by atoms with Crippen LogP contribution in [0, 0.1) is 13.8 Å². The number of nitrogens with one attached hydrogen (secondary N) is 1. The number of aromatic nitrogens is 2. The lowest BCUT2D eigenvalue weighted by Crippen LogP contribution is -2.31. The molecule has 0 amide bonds. The molecule has 1 atom stereocenters. The minimum Gasteiger partial charge on any atom is -0.271 e. The predicted molar refractivity (Wildman–Crippen MR) is 82.7 cm³/mol. The Morgan fingerprint density at radius 2 is 1.80 bits per heavy atom. The molecule has 1 aromatic heterocycles. The van der Waals surface area contributed by atoms with Gasteiger partial charge in [-0.2, -0.15) is 5.10 Å². The second kappa shape index (κ2) is 5.95. The van der Waals surface area contributed by atoms with Gasteiger partial charge in [-0.1, -0.05) is 40.9 Å². The third kappa shape index (κ3) is 2.87. The fourth-order valence-electron chi connectivity index (χ4n) is 2.54. The monoisotopic (exact) mass is 292 g/mol. The normalized spacial score (nSPS) is 12.9. The number of benzene rings is 1. The van der Waals surface area contributed by atoms with E-state index in [2.05, 4.69) is 56.4 Å². The van der Waals surface area contributed by atoms with Gasteiger partial charge in [-0.25, -0.2) is 5.43 Å². The highest BCUT2D eigenvalue weighted by molar-refractivity contribution is 6.31. The summed E-state index contributed by atoms with van der Waals surface area (Å²) in [4.78, 5) is 0. The minimum atomic E-state index is -0.175. The number of nitrogens with two attached hydrogens (primary N) is 1. The van der Waals surface area contributed by atoms with Crippen LogP contribution in [0.4, 0.5) is 0 Å². The van der Waals surface area contributed by atoms with E-state index in [1.54, 1.807) is 6.20 Å². The van der Waals surface area contributed by atoms with Gasteiger partial charge in [-0.05, 0) is 33.3 Å². The molecule has 4 nitrogen and oxygen atoms in total. The molecule has 0 saturated heterocycles. The first-order valence-corrected chi connectivity index (χ1v) is 7.09. The van der Waals surface area contributed by atoms with E-state index in [0.717, 1.165) is 11.3 Å². The van der Waals surface area contributed by atoms with Crippen LogP contribution < -0.4 is 11.3 Å². The predicted octanol–water partition coefficient (Wildman–Crippen LogP) is 3.29. The molecule has 20 heavy (non-hydrogen) atoms. The fraction of sp³-hybridized carbons (Fsp3) is 0.400. The van der Waals surface area contributed by atoms with Crippen molar-refractivity contribution in [2.24, 2.45) is 5.84 Å². The van der Waals surface area contributed by atoms with Gasteiger partial charge in [0.25, 0.3) is 0 Å². The van der Waals surface area contributed by atoms with Crippen LogP contribution in [0.2, 0.25) is 5.02 Å². The SMILES string of the molecule is Cc1cc(C)cc(C(NN)c2c(Cl)cnn2C(C)C)c1. The van der Waals surface area contributed by atoms with Crippen LogP contribution in [-0.2, 0) is 0 Å². The van der Waals surface area contributed by atoms with E-state index < -0.39 is 0 Å². The summed E-state index contributed by atoms with van der Waals surface area (Å²) in [5.74, 6) is 5.78. The van der Waals surface area contributed by atoms with Crippen molar-refractivity contribution in [3.05, 3.63) is 51.8 Å². The van der Waals surface area contributed by atoms with Crippen LogP contribution in [-0.4, -0.2) is 9.78 Å². The summed E-state index contributed by atoms with van der Waals surface area (Å²) >= 11 is 6.31. The van der Waals surface area contributed by atoms with E-state index in [-0.39, 0.29) is 12.1 Å². The molecule has 1 heterocycles. The number of rotatable bonds is 4. The zero-order chi connectivity index (χ0) is 14.9. The van der Waals surface area contributed by atoms with E-state index in [4.69, 9.17) is 17.4 Å². The van der Waals surface area contributed by atoms with Crippen molar-refractivity contribution in [2.75, 3.05) is 0 Å². The zero-order valence-corrected chi connectivity index (χ0v) is 13.1. The number of hydrazine groups is 1. The molecule has 0 spiro atoms. The number of hydrogen-bond acceptors (Lipinski definition) is 3. The number of halogens is 1. The molecule has 1 aromatic carbocycles. The van der Waals surface area contributed by atoms with Crippen molar-refractivity contribution < 1.29 is 0 Å². The van der Waals surface area contributed by atoms with Crippen LogP contribution >= 0.6 is 11.6 Å². The first-order valence-electron chi connectivity index (χ1n) is 6.71. The third-order valence-corrected chi connectivity index (χ3v) is 3.58. The Labute approximate surface area is 124 Å². The lowest BCUT2D eigenvalue weighted by atomic mass is 9.99. The van der Waals surface area contributed by atoms with E-state index in [1.807, 2.05) is 4.68 Å². The number of nitrogens with zero attached hydrogens (tertiary/aromatic N) is 2. The molecule has 0 bridgehead atoms. The van der Waals surface area contributed by atoms with Gasteiger partial charge in [0.1, 0.15) is 0 Å². The van der Waals surface area contributed by atoms with Crippen molar-refractivity contribution in [3.8, 4) is 0 Å². The molecule has 0 aliphatic rings. The Morgan fingerprint density at radius 3 is 2.30 bits per heavy atom. The Kier molecular flexibility index (Phi) is 4.48. The van der Waals surface area contributed by atoms with E-state index in [0.29, 0.717) is 5.02 Å². The standard InChI is InChI=1S/C15H21ClN4/c1-9(2)20-15(13(16)8-18-20)14(19-17)12-6-10(3)5-11(4)7-12/h5-9,14,19H,17H2,1-4H3. The van der Waals surface area contributed by atoms with Gasteiger partial charge in [-0.3, -0.25) is 10.5 Å². The van der Waals surface area contributed by atoms with Crippen molar-refractivity contribution in [1.82, 2.24) is 15.2 Å². The van der Waals surface area contributed by atoms with E-state index >= 15 is 0 Å². The summed E-state index contributed by atoms with van der Waals surface area (Å²) in [7, 11) is 0. The number of hydrogen-bond donors (Lipinski definition) is 2. The van der Waals surface area contributed by atoms with Crippen LogP contribution in [0.1, 0.15) is 48.3 Å². The van der Waals surface area contributed by atoms with Gasteiger partial charge in [0.05, 0.1) is 23.0 Å². The highest BCUT2D eigenvalue weighted by Crippen LogP contribution is 2.30. The Morgan fingerprint density at radius 1 is 1.20 bits per heavy atom. The Hall–Kier alpha value is -1.36. The molecule has 1 unspecified atom stereocenters. The smallest absolute Gasteiger partial charge is 0.0893 e. The summed E-state index contributed by atoms with van der Waals surface area (Å²) in [6, 6.07) is 6.42. The van der Waals surface area contributed by atoms with Gasteiger partial charge < -0.3 is 0 Å². The highest BCUT2D eigenvalue weighted by atomic mass is 35.5. The first kappa shape index (κ1) is 15.0. The number of aryl methyl sites for hydroxylation is 2. The lowest BCUT2D eigenvalue weighted by Gasteiger charge is -2.21. The molecule has 5 heteroatoms. The summed E-state index contributed by atoms with van der Waals surface area (Å²) < 4.78 is 1.91. The highest BCUT2D eigenvalue weighted by Gasteiger charge is 2.22. The molecule has 2 aromatic rings. The Bertz CT molecular complexity index is 584. The second-order valence-corrected chi connectivity index (χ2v) is 5.84. The van der Waals surface area contributed by atoms with Crippen LogP contribution in [0.5, 0.6) is 0 Å². The average Bonchev–Trinajstić information content (AvgIpc) is 2.72. The van der Waals surface area contributed by atoms with Gasteiger partial charge in [0, 0.05) is 6.04 Å². The van der Waals surface area contributed by atoms with E-state index in [1.165, 1.54) is 11.1 Å². The molecule has 0 saturated carbocycles. The maximum Gasteiger partial charge on any atom is 0.0893 e. The first-order chi connectivity index (χ1) is 9.43. The maximum absolute atomic E-state index is 6.31. The van der Waals surface area contributed by atoms with E-state index in [9.17, 15) is 0 Å². The van der Waals surface area contributed by atoms with Crippen LogP contribution in [0.15, 0.2) is 24.4 Å². The zero-order valence-electron chi connectivity index (χ0n) is 12.3. The minimum absolute atomic E-state index is 0.175. The van der Waals surface area contributed by atoms with Gasteiger partial charge >= 0.3 is 0 Å². The molecule has 3 N–H and O–H groups in total. The van der Waals surface area contributed by atoms with Gasteiger partial charge in [-0.15, -0.1) is 0 Å². The van der Waals surface area contributed by atoms with Crippen molar-refractivity contribution in [2.45, 2.75) is 39.8 Å². The summed E-state index contributed by atoms with van der Waals surface area (Å²) in [6.07, 6.45) is 1.67. The fourth-order valence-corrected chi connectivity index (χ4v) is 2.78. The molecule has 2 rings (SSSR count). The maximum atomic E-state index is 6.31. The quantitative estimate of drug-likeness (QED) is 0.671. The second-order valence-electron chi connectivity index (χ2n) is 5.44. The average molecular weight is 293 g/mol. The van der Waals surface area contributed by atoms with Gasteiger partial charge in [0.15, 0.2) is 0 Å². The summed E-state index contributed by atoms with van der Waals surface area (Å²) in [6.45, 7) is 8.29. The van der Waals surface area contributed by atoms with Crippen molar-refractivity contribution >= 4 is 11.6 Å². The topological polar surface area (TPSA) is 55.9 Å². The third-order valence-electron chi connectivity index (χ3n) is 3.29. The van der Waals surface area contributed by atoms with Crippen molar-refractivity contribution in [1.29, 1.82) is 0 Å². The van der Waals surface area contributed by atoms with Crippen LogP contribution in [0.25, 0.3) is 0 Å².